The number of Topliss-reactive ketones (excluding diaryl/α,β-unsaturated/α-hetero) is 1. The van der Waals surface area contributed by atoms with E-state index in [9.17, 15) is 9.59 Å². The maximum absolute atomic E-state index is 12.9. The van der Waals surface area contributed by atoms with Crippen LogP contribution in [0.4, 0.5) is 0 Å². The molecule has 2 heterocycles. The molecule has 1 aromatic carbocycles. The Morgan fingerprint density at radius 1 is 1.08 bits per heavy atom. The molecule has 0 bridgehead atoms. The zero-order valence-corrected chi connectivity index (χ0v) is 15.9. The number of piperidine rings is 1. The van der Waals surface area contributed by atoms with E-state index in [2.05, 4.69) is 11.9 Å². The van der Waals surface area contributed by atoms with Crippen molar-refractivity contribution in [1.29, 1.82) is 0 Å². The summed E-state index contributed by atoms with van der Waals surface area (Å²) in [5.41, 5.74) is 3.88. The first-order valence-corrected chi connectivity index (χ1v) is 9.09. The first kappa shape index (κ1) is 18.2. The quantitative estimate of drug-likeness (QED) is 0.849. The molecule has 0 aliphatic carbocycles. The van der Waals surface area contributed by atoms with Crippen molar-refractivity contribution < 1.29 is 14.3 Å². The Bertz CT molecular complexity index is 813. The molecule has 1 N–H and O–H groups in total. The number of likely N-dealkylation sites (tertiary alicyclic amines) is 1. The molecular formula is C21H26N2O3. The topological polar surface area (TPSA) is 62.4 Å². The normalized spacial score (nSPS) is 15.2. The van der Waals surface area contributed by atoms with E-state index in [1.165, 1.54) is 12.5 Å². The van der Waals surface area contributed by atoms with Crippen LogP contribution in [0.1, 0.15) is 57.4 Å². The highest BCUT2D eigenvalue weighted by atomic mass is 16.5. The fourth-order valence-electron chi connectivity index (χ4n) is 3.57. The van der Waals surface area contributed by atoms with Crippen molar-refractivity contribution in [1.82, 2.24) is 9.88 Å². The van der Waals surface area contributed by atoms with Gasteiger partial charge in [0.1, 0.15) is 11.9 Å². The molecule has 2 aromatic rings. The monoisotopic (exact) mass is 354 g/mol. The number of carbonyl (C=O) groups excluding carboxylic acids is 2. The van der Waals surface area contributed by atoms with Gasteiger partial charge in [0.15, 0.2) is 5.78 Å². The molecule has 0 radical (unpaired) electrons. The number of nitrogens with one attached hydrogen (secondary N) is 1. The summed E-state index contributed by atoms with van der Waals surface area (Å²) in [6, 6.07) is 8.06. The van der Waals surface area contributed by atoms with E-state index in [1.54, 1.807) is 0 Å². The first-order valence-electron chi connectivity index (χ1n) is 9.09. The predicted octanol–water partition coefficient (Wildman–Crippen LogP) is 3.83. The first-order chi connectivity index (χ1) is 12.4. The van der Waals surface area contributed by atoms with Gasteiger partial charge >= 0.3 is 0 Å². The molecule has 1 aliphatic rings. The molecule has 1 amide bonds. The maximum Gasteiger partial charge on any atom is 0.255 e. The molecule has 138 valence electrons. The largest absolute Gasteiger partial charge is 0.490 e. The van der Waals surface area contributed by atoms with Crippen LogP contribution in [0.25, 0.3) is 0 Å². The third-order valence-electron chi connectivity index (χ3n) is 5.06. The average molecular weight is 354 g/mol. The number of rotatable bonds is 4. The molecule has 1 aliphatic heterocycles. The lowest BCUT2D eigenvalue weighted by Gasteiger charge is -2.32. The Labute approximate surface area is 154 Å². The van der Waals surface area contributed by atoms with Gasteiger partial charge in [0.05, 0.1) is 11.3 Å². The Balaban J connectivity index is 1.64. The van der Waals surface area contributed by atoms with Gasteiger partial charge in [0, 0.05) is 38.5 Å². The zero-order valence-electron chi connectivity index (χ0n) is 15.9. The number of amides is 1. The van der Waals surface area contributed by atoms with Crippen LogP contribution in [-0.2, 0) is 0 Å². The van der Waals surface area contributed by atoms with Crippen LogP contribution in [0.2, 0.25) is 0 Å². The Kier molecular flexibility index (Phi) is 5.16. The Morgan fingerprint density at radius 2 is 1.69 bits per heavy atom. The van der Waals surface area contributed by atoms with Crippen molar-refractivity contribution >= 4 is 11.7 Å². The van der Waals surface area contributed by atoms with Gasteiger partial charge in [-0.25, -0.2) is 0 Å². The van der Waals surface area contributed by atoms with E-state index in [0.29, 0.717) is 24.3 Å². The van der Waals surface area contributed by atoms with Crippen LogP contribution in [-0.4, -0.2) is 40.8 Å². The zero-order chi connectivity index (χ0) is 18.8. The number of hydrogen-bond acceptors (Lipinski definition) is 3. The molecule has 3 rings (SSSR count). The minimum absolute atomic E-state index is 0.00228. The van der Waals surface area contributed by atoms with Gasteiger partial charge in [-0.3, -0.25) is 9.59 Å². The molecule has 0 spiro atoms. The number of ether oxygens (including phenoxy) is 1. The lowest BCUT2D eigenvalue weighted by Crippen LogP contribution is -2.42. The number of aromatic amines is 1. The highest BCUT2D eigenvalue weighted by molar-refractivity contribution is 6.02. The highest BCUT2D eigenvalue weighted by Crippen LogP contribution is 2.24. The average Bonchev–Trinajstić information content (AvgIpc) is 2.92. The van der Waals surface area contributed by atoms with E-state index >= 15 is 0 Å². The van der Waals surface area contributed by atoms with Crippen molar-refractivity contribution in [3.63, 3.8) is 0 Å². The molecule has 0 unspecified atom stereocenters. The molecule has 0 atom stereocenters. The summed E-state index contributed by atoms with van der Waals surface area (Å²) in [6.45, 7) is 8.57. The van der Waals surface area contributed by atoms with E-state index < -0.39 is 0 Å². The summed E-state index contributed by atoms with van der Waals surface area (Å²) in [5, 5.41) is 0. The van der Waals surface area contributed by atoms with Crippen molar-refractivity contribution in [2.45, 2.75) is 46.6 Å². The van der Waals surface area contributed by atoms with E-state index in [1.807, 2.05) is 43.0 Å². The molecular weight excluding hydrogens is 328 g/mol. The second kappa shape index (κ2) is 7.36. The second-order valence-corrected chi connectivity index (χ2v) is 7.10. The fraction of sp³-hybridized carbons (Fsp3) is 0.429. The van der Waals surface area contributed by atoms with Crippen molar-refractivity contribution in [2.24, 2.45) is 0 Å². The van der Waals surface area contributed by atoms with Gasteiger partial charge in [-0.2, -0.15) is 0 Å². The smallest absolute Gasteiger partial charge is 0.255 e. The van der Waals surface area contributed by atoms with Crippen LogP contribution in [0.3, 0.4) is 0 Å². The number of benzene rings is 1. The minimum Gasteiger partial charge on any atom is -0.490 e. The lowest BCUT2D eigenvalue weighted by atomic mass is 10.0. The molecule has 0 saturated carbocycles. The minimum atomic E-state index is -0.0464. The number of ketones is 1. The molecule has 1 fully saturated rings. The van der Waals surface area contributed by atoms with Crippen LogP contribution < -0.4 is 4.74 Å². The van der Waals surface area contributed by atoms with E-state index in [0.717, 1.165) is 29.8 Å². The maximum atomic E-state index is 12.9. The van der Waals surface area contributed by atoms with Gasteiger partial charge in [-0.05, 0) is 38.5 Å². The van der Waals surface area contributed by atoms with E-state index in [-0.39, 0.29) is 17.8 Å². The van der Waals surface area contributed by atoms with Crippen LogP contribution in [0, 0.1) is 20.8 Å². The number of H-pyrrole nitrogens is 1. The number of carbonyl (C=O) groups is 2. The summed E-state index contributed by atoms with van der Waals surface area (Å²) in [4.78, 5) is 29.5. The van der Waals surface area contributed by atoms with E-state index in [4.69, 9.17) is 4.74 Å². The summed E-state index contributed by atoms with van der Waals surface area (Å²) in [5.74, 6) is 0.830. The molecule has 26 heavy (non-hydrogen) atoms. The molecule has 1 aromatic heterocycles. The number of aromatic nitrogens is 1. The molecule has 1 saturated heterocycles. The second-order valence-electron chi connectivity index (χ2n) is 7.10. The molecule has 5 heteroatoms. The number of hydrogen-bond donors (Lipinski definition) is 1. The summed E-state index contributed by atoms with van der Waals surface area (Å²) >= 11 is 0. The highest BCUT2D eigenvalue weighted by Gasteiger charge is 2.28. The fourth-order valence-corrected chi connectivity index (χ4v) is 3.57. The SMILES string of the molecule is CC(=O)c1[nH]c(C)c(C(=O)N2CCC(Oc3ccc(C)cc3)CC2)c1C. The Hall–Kier alpha value is -2.56. The van der Waals surface area contributed by atoms with Crippen molar-refractivity contribution in [3.05, 3.63) is 52.3 Å². The summed E-state index contributed by atoms with van der Waals surface area (Å²) < 4.78 is 6.04. The van der Waals surface area contributed by atoms with Crippen molar-refractivity contribution in [3.8, 4) is 5.75 Å². The third-order valence-corrected chi connectivity index (χ3v) is 5.06. The van der Waals surface area contributed by atoms with Gasteiger partial charge in [0.2, 0.25) is 0 Å². The third kappa shape index (κ3) is 3.66. The van der Waals surface area contributed by atoms with Gasteiger partial charge in [0.25, 0.3) is 5.91 Å². The standard InChI is InChI=1S/C21H26N2O3/c1-13-5-7-17(8-6-13)26-18-9-11-23(12-10-18)21(25)19-14(2)20(16(4)24)22-15(19)3/h5-8,18,22H,9-12H2,1-4H3. The van der Waals surface area contributed by atoms with Gasteiger partial charge < -0.3 is 14.6 Å². The summed E-state index contributed by atoms with van der Waals surface area (Å²) in [6.07, 6.45) is 1.74. The van der Waals surface area contributed by atoms with Crippen molar-refractivity contribution in [2.75, 3.05) is 13.1 Å². The molecule has 5 nitrogen and oxygen atoms in total. The van der Waals surface area contributed by atoms with Crippen LogP contribution in [0.5, 0.6) is 5.75 Å². The number of aryl methyl sites for hydroxylation is 2. The predicted molar refractivity (Wildman–Crippen MR) is 101 cm³/mol. The van der Waals surface area contributed by atoms with Crippen LogP contribution >= 0.6 is 0 Å². The summed E-state index contributed by atoms with van der Waals surface area (Å²) in [7, 11) is 0. The van der Waals surface area contributed by atoms with Gasteiger partial charge in [-0.15, -0.1) is 0 Å². The number of nitrogens with zero attached hydrogens (tertiary/aromatic N) is 1. The van der Waals surface area contributed by atoms with Crippen LogP contribution in [0.15, 0.2) is 24.3 Å². The van der Waals surface area contributed by atoms with Gasteiger partial charge in [-0.1, -0.05) is 17.7 Å². The lowest BCUT2D eigenvalue weighted by molar-refractivity contribution is 0.0594. The Morgan fingerprint density at radius 3 is 2.23 bits per heavy atom.